The molecule has 1 heterocycles. The highest BCUT2D eigenvalue weighted by molar-refractivity contribution is 5.94. The monoisotopic (exact) mass is 314 g/mol. The number of hydrogen-bond donors (Lipinski definition) is 0. The molecule has 1 aliphatic heterocycles. The third-order valence-corrected chi connectivity index (χ3v) is 3.66. The molecule has 0 aliphatic carbocycles. The van der Waals surface area contributed by atoms with Crippen molar-refractivity contribution in [3.8, 4) is 5.75 Å². The number of allylic oxidation sites excluding steroid dienone is 2. The lowest BCUT2D eigenvalue weighted by atomic mass is 10.0. The van der Waals surface area contributed by atoms with Crippen LogP contribution in [0.25, 0.3) is 6.08 Å². The maximum Gasteiger partial charge on any atom is 0.338 e. The van der Waals surface area contributed by atoms with Gasteiger partial charge in [-0.3, -0.25) is 4.79 Å². The Morgan fingerprint density at radius 1 is 1.22 bits per heavy atom. The molecule has 0 amide bonds. The zero-order valence-electron chi connectivity index (χ0n) is 13.6. The number of cyclic esters (lactones) is 1. The van der Waals surface area contributed by atoms with Crippen LogP contribution in [-0.2, 0) is 9.53 Å². The van der Waals surface area contributed by atoms with Gasteiger partial charge in [-0.25, -0.2) is 4.79 Å². The Labute approximate surface area is 136 Å². The Hall–Kier alpha value is -2.36. The molecule has 0 N–H and O–H groups in total. The summed E-state index contributed by atoms with van der Waals surface area (Å²) in [6.07, 6.45) is 9.33. The summed E-state index contributed by atoms with van der Waals surface area (Å²) in [5, 5.41) is 0. The van der Waals surface area contributed by atoms with Gasteiger partial charge in [-0.15, -0.1) is 0 Å². The number of hydrogen-bond acceptors (Lipinski definition) is 4. The molecule has 0 spiro atoms. The fourth-order valence-corrected chi connectivity index (χ4v) is 2.29. The minimum atomic E-state index is -0.365. The molecule has 0 bridgehead atoms. The van der Waals surface area contributed by atoms with Crippen LogP contribution in [-0.4, -0.2) is 25.5 Å². The van der Waals surface area contributed by atoms with Crippen LogP contribution in [0.4, 0.5) is 0 Å². The van der Waals surface area contributed by atoms with Crippen LogP contribution in [0.15, 0.2) is 36.4 Å². The molecule has 4 nitrogen and oxygen atoms in total. The van der Waals surface area contributed by atoms with Gasteiger partial charge in [0.25, 0.3) is 0 Å². The topological polar surface area (TPSA) is 52.6 Å². The van der Waals surface area contributed by atoms with Gasteiger partial charge in [-0.2, -0.15) is 0 Å². The predicted molar refractivity (Wildman–Crippen MR) is 89.5 cm³/mol. The summed E-state index contributed by atoms with van der Waals surface area (Å²) in [6, 6.07) is 5.28. The van der Waals surface area contributed by atoms with Crippen LogP contribution in [0.3, 0.4) is 0 Å². The average Bonchev–Trinajstić information content (AvgIpc) is 2.56. The molecule has 0 unspecified atom stereocenters. The number of fused-ring (bicyclic) bond motifs is 1. The van der Waals surface area contributed by atoms with Crippen molar-refractivity contribution in [1.29, 1.82) is 0 Å². The molecule has 0 saturated carbocycles. The Bertz CT molecular complexity index is 628. The van der Waals surface area contributed by atoms with Gasteiger partial charge in [-0.1, -0.05) is 25.2 Å². The van der Waals surface area contributed by atoms with E-state index in [0.29, 0.717) is 17.7 Å². The van der Waals surface area contributed by atoms with Crippen LogP contribution in [0, 0.1) is 5.92 Å². The first kappa shape index (κ1) is 17.0. The lowest BCUT2D eigenvalue weighted by Crippen LogP contribution is -2.12. The van der Waals surface area contributed by atoms with Crippen LogP contribution in [0.2, 0.25) is 0 Å². The molecular formula is C19H22O4. The van der Waals surface area contributed by atoms with Gasteiger partial charge < -0.3 is 9.47 Å². The van der Waals surface area contributed by atoms with E-state index in [-0.39, 0.29) is 24.3 Å². The number of ketones is 1. The van der Waals surface area contributed by atoms with Crippen molar-refractivity contribution < 1.29 is 19.1 Å². The van der Waals surface area contributed by atoms with Crippen molar-refractivity contribution in [3.63, 3.8) is 0 Å². The molecule has 0 fully saturated rings. The van der Waals surface area contributed by atoms with E-state index < -0.39 is 0 Å². The fourth-order valence-electron chi connectivity index (χ4n) is 2.29. The van der Waals surface area contributed by atoms with E-state index in [0.717, 1.165) is 18.4 Å². The van der Waals surface area contributed by atoms with Crippen molar-refractivity contribution in [2.75, 3.05) is 13.7 Å². The molecule has 4 heteroatoms. The predicted octanol–water partition coefficient (Wildman–Crippen LogP) is 3.81. The molecule has 1 aliphatic rings. The van der Waals surface area contributed by atoms with Crippen molar-refractivity contribution in [2.45, 2.75) is 26.2 Å². The highest BCUT2D eigenvalue weighted by Crippen LogP contribution is 2.21. The van der Waals surface area contributed by atoms with E-state index in [1.54, 1.807) is 31.4 Å². The van der Waals surface area contributed by atoms with E-state index >= 15 is 0 Å². The quantitative estimate of drug-likeness (QED) is 0.740. The SMILES string of the molecule is COc1ccc2c(c1)/C=C/CCCC(=O)/C=C\[C@@H](C)COC2=O. The van der Waals surface area contributed by atoms with Crippen molar-refractivity contribution in [1.82, 2.24) is 0 Å². The minimum absolute atomic E-state index is 0.00285. The molecule has 1 atom stereocenters. The van der Waals surface area contributed by atoms with Gasteiger partial charge in [0, 0.05) is 12.3 Å². The number of rotatable bonds is 1. The summed E-state index contributed by atoms with van der Waals surface area (Å²) >= 11 is 0. The van der Waals surface area contributed by atoms with Gasteiger partial charge in [0.15, 0.2) is 5.78 Å². The number of carbonyl (C=O) groups excluding carboxylic acids is 2. The first-order chi connectivity index (χ1) is 11.1. The largest absolute Gasteiger partial charge is 0.497 e. The summed E-state index contributed by atoms with van der Waals surface area (Å²) in [5.41, 5.74) is 1.28. The summed E-state index contributed by atoms with van der Waals surface area (Å²) in [7, 11) is 1.59. The van der Waals surface area contributed by atoms with Crippen LogP contribution in [0.1, 0.15) is 42.1 Å². The van der Waals surface area contributed by atoms with Gasteiger partial charge >= 0.3 is 5.97 Å². The highest BCUT2D eigenvalue weighted by atomic mass is 16.5. The molecule has 1 aromatic rings. The van der Waals surface area contributed by atoms with E-state index in [1.807, 2.05) is 25.1 Å². The molecular weight excluding hydrogens is 292 g/mol. The lowest BCUT2D eigenvalue weighted by molar-refractivity contribution is -0.114. The zero-order chi connectivity index (χ0) is 16.7. The number of methoxy groups -OCH3 is 1. The minimum Gasteiger partial charge on any atom is -0.497 e. The van der Waals surface area contributed by atoms with Crippen molar-refractivity contribution in [2.24, 2.45) is 5.92 Å². The second-order valence-corrected chi connectivity index (χ2v) is 5.65. The average molecular weight is 314 g/mol. The smallest absolute Gasteiger partial charge is 0.338 e. The molecule has 2 rings (SSSR count). The number of carbonyl (C=O) groups is 2. The summed E-state index contributed by atoms with van der Waals surface area (Å²) < 4.78 is 10.6. The fraction of sp³-hybridized carbons (Fsp3) is 0.368. The van der Waals surface area contributed by atoms with Gasteiger partial charge in [-0.05, 0) is 42.7 Å². The summed E-state index contributed by atoms with van der Waals surface area (Å²) in [4.78, 5) is 24.0. The Kier molecular flexibility index (Phi) is 6.15. The Balaban J connectivity index is 2.27. The van der Waals surface area contributed by atoms with Gasteiger partial charge in [0.2, 0.25) is 0 Å². The van der Waals surface area contributed by atoms with E-state index in [1.165, 1.54) is 0 Å². The van der Waals surface area contributed by atoms with Crippen molar-refractivity contribution >= 4 is 17.8 Å². The van der Waals surface area contributed by atoms with Gasteiger partial charge in [0.05, 0.1) is 19.3 Å². The number of benzene rings is 1. The number of esters is 1. The van der Waals surface area contributed by atoms with Gasteiger partial charge in [0.1, 0.15) is 5.75 Å². The second kappa shape index (κ2) is 8.32. The maximum absolute atomic E-state index is 12.3. The van der Waals surface area contributed by atoms with E-state index in [4.69, 9.17) is 9.47 Å². The van der Waals surface area contributed by atoms with E-state index in [9.17, 15) is 9.59 Å². The summed E-state index contributed by atoms with van der Waals surface area (Å²) in [6.45, 7) is 2.16. The Morgan fingerprint density at radius 2 is 2.04 bits per heavy atom. The first-order valence-corrected chi connectivity index (χ1v) is 7.83. The number of ether oxygens (including phenoxy) is 2. The zero-order valence-corrected chi connectivity index (χ0v) is 13.6. The molecule has 0 saturated heterocycles. The molecule has 23 heavy (non-hydrogen) atoms. The molecule has 0 radical (unpaired) electrons. The molecule has 1 aromatic carbocycles. The first-order valence-electron chi connectivity index (χ1n) is 7.83. The van der Waals surface area contributed by atoms with E-state index in [2.05, 4.69) is 0 Å². The molecule has 122 valence electrons. The van der Waals surface area contributed by atoms with Crippen LogP contribution < -0.4 is 4.74 Å². The second-order valence-electron chi connectivity index (χ2n) is 5.65. The van der Waals surface area contributed by atoms with Crippen LogP contribution >= 0.6 is 0 Å². The third kappa shape index (κ3) is 5.09. The standard InChI is InChI=1S/C19H22O4/c1-14-8-9-16(20)7-5-3-4-6-15-12-17(22-2)10-11-18(15)19(21)23-13-14/h4,6,8-12,14H,3,5,7,13H2,1-2H3/b6-4+,9-8-/t14-/m1/s1. The normalized spacial score (nSPS) is 22.4. The van der Waals surface area contributed by atoms with Crippen LogP contribution in [0.5, 0.6) is 5.75 Å². The van der Waals surface area contributed by atoms with Crippen molar-refractivity contribution in [3.05, 3.63) is 47.6 Å². The Morgan fingerprint density at radius 3 is 2.83 bits per heavy atom. The third-order valence-electron chi connectivity index (χ3n) is 3.66. The summed E-state index contributed by atoms with van der Waals surface area (Å²) in [5.74, 6) is 0.434. The lowest BCUT2D eigenvalue weighted by Gasteiger charge is -2.11. The maximum atomic E-state index is 12.3. The molecule has 0 aromatic heterocycles. The highest BCUT2D eigenvalue weighted by Gasteiger charge is 2.14.